The Morgan fingerprint density at radius 3 is 2.45 bits per heavy atom. The van der Waals surface area contributed by atoms with Gasteiger partial charge in [0.2, 0.25) is 0 Å². The van der Waals surface area contributed by atoms with Gasteiger partial charge in [0.1, 0.15) is 10.9 Å². The van der Waals surface area contributed by atoms with Crippen molar-refractivity contribution in [2.24, 2.45) is 5.41 Å². The summed E-state index contributed by atoms with van der Waals surface area (Å²) in [5.41, 5.74) is 8.61. The van der Waals surface area contributed by atoms with Crippen LogP contribution >= 0.6 is 11.3 Å². The summed E-state index contributed by atoms with van der Waals surface area (Å²) >= 11 is 1.55. The smallest absolute Gasteiger partial charge is 0.130 e. The van der Waals surface area contributed by atoms with E-state index in [0.29, 0.717) is 22.3 Å². The molecule has 1 heterocycles. The molecule has 0 unspecified atom stereocenters. The third-order valence-corrected chi connectivity index (χ3v) is 5.80. The average Bonchev–Trinajstić information content (AvgIpc) is 3.18. The van der Waals surface area contributed by atoms with Crippen LogP contribution in [0.2, 0.25) is 0 Å². The largest absolute Gasteiger partial charge is 0.397 e. The van der Waals surface area contributed by atoms with E-state index in [1.54, 1.807) is 11.3 Å². The zero-order valence-electron chi connectivity index (χ0n) is 12.3. The highest BCUT2D eigenvalue weighted by atomic mass is 32.1. The van der Waals surface area contributed by atoms with Crippen molar-refractivity contribution >= 4 is 22.0 Å². The molecule has 1 aromatic heterocycles. The van der Waals surface area contributed by atoms with E-state index >= 15 is 0 Å². The van der Waals surface area contributed by atoms with E-state index in [2.05, 4.69) is 25.2 Å². The summed E-state index contributed by atoms with van der Waals surface area (Å²) in [4.78, 5) is 0.686. The molecule has 0 aromatic carbocycles. The number of thiophene rings is 1. The van der Waals surface area contributed by atoms with Gasteiger partial charge in [0.15, 0.2) is 0 Å². The lowest BCUT2D eigenvalue weighted by atomic mass is 9.75. The van der Waals surface area contributed by atoms with Gasteiger partial charge in [-0.15, -0.1) is 11.3 Å². The SMILES string of the molecule is CC1(C)CCC(Nc2sc(C#N)c(N)c2C2CC2)CC1. The predicted octanol–water partition coefficient (Wildman–Crippen LogP) is 4.46. The number of nitriles is 1. The second-order valence-corrected chi connectivity index (χ2v) is 8.08. The van der Waals surface area contributed by atoms with Crippen molar-refractivity contribution in [1.29, 1.82) is 5.26 Å². The maximum absolute atomic E-state index is 9.19. The second-order valence-electron chi connectivity index (χ2n) is 7.06. The molecule has 2 aliphatic rings. The highest BCUT2D eigenvalue weighted by molar-refractivity contribution is 7.17. The lowest BCUT2D eigenvalue weighted by Gasteiger charge is -2.35. The third-order valence-electron chi connectivity index (χ3n) is 4.75. The molecule has 0 saturated heterocycles. The molecular formula is C16H23N3S. The maximum Gasteiger partial charge on any atom is 0.130 e. The van der Waals surface area contributed by atoms with Crippen LogP contribution in [0, 0.1) is 16.7 Å². The molecule has 2 saturated carbocycles. The van der Waals surface area contributed by atoms with Crippen molar-refractivity contribution in [1.82, 2.24) is 0 Å². The predicted molar refractivity (Wildman–Crippen MR) is 85.1 cm³/mol. The van der Waals surface area contributed by atoms with Gasteiger partial charge in [-0.3, -0.25) is 0 Å². The first kappa shape index (κ1) is 13.8. The van der Waals surface area contributed by atoms with Crippen LogP contribution in [-0.4, -0.2) is 6.04 Å². The summed E-state index contributed by atoms with van der Waals surface area (Å²) in [5.74, 6) is 0.593. The van der Waals surface area contributed by atoms with E-state index in [-0.39, 0.29) is 0 Å². The molecule has 0 bridgehead atoms. The molecule has 108 valence electrons. The van der Waals surface area contributed by atoms with Crippen LogP contribution in [0.25, 0.3) is 0 Å². The number of anilines is 2. The number of nitrogens with zero attached hydrogens (tertiary/aromatic N) is 1. The Hall–Kier alpha value is -1.21. The van der Waals surface area contributed by atoms with Gasteiger partial charge in [-0.2, -0.15) is 5.26 Å². The number of nitrogens with two attached hydrogens (primary N) is 1. The Morgan fingerprint density at radius 1 is 1.25 bits per heavy atom. The van der Waals surface area contributed by atoms with Gasteiger partial charge in [-0.25, -0.2) is 0 Å². The van der Waals surface area contributed by atoms with E-state index in [1.165, 1.54) is 49.1 Å². The third kappa shape index (κ3) is 2.64. The average molecular weight is 289 g/mol. The first-order valence-electron chi connectivity index (χ1n) is 7.59. The Balaban J connectivity index is 1.76. The van der Waals surface area contributed by atoms with E-state index in [9.17, 15) is 5.26 Å². The summed E-state index contributed by atoms with van der Waals surface area (Å²) in [6.07, 6.45) is 7.43. The summed E-state index contributed by atoms with van der Waals surface area (Å²) in [7, 11) is 0. The molecule has 0 amide bonds. The van der Waals surface area contributed by atoms with Crippen molar-refractivity contribution in [3.8, 4) is 6.07 Å². The summed E-state index contributed by atoms with van der Waals surface area (Å²) in [6, 6.07) is 2.79. The molecule has 0 radical (unpaired) electrons. The Morgan fingerprint density at radius 2 is 1.90 bits per heavy atom. The number of hydrogen-bond acceptors (Lipinski definition) is 4. The fourth-order valence-electron chi connectivity index (χ4n) is 3.15. The lowest BCUT2D eigenvalue weighted by Crippen LogP contribution is -2.29. The highest BCUT2D eigenvalue weighted by Gasteiger charge is 2.33. The first-order chi connectivity index (χ1) is 9.50. The first-order valence-corrected chi connectivity index (χ1v) is 8.40. The number of nitrogens with one attached hydrogen (secondary N) is 1. The molecule has 2 aliphatic carbocycles. The van der Waals surface area contributed by atoms with Gasteiger partial charge in [0.05, 0.1) is 10.7 Å². The molecule has 20 heavy (non-hydrogen) atoms. The van der Waals surface area contributed by atoms with E-state index in [4.69, 9.17) is 5.73 Å². The quantitative estimate of drug-likeness (QED) is 0.863. The number of nitrogen functional groups attached to an aromatic ring is 1. The molecule has 0 atom stereocenters. The highest BCUT2D eigenvalue weighted by Crippen LogP contribution is 2.51. The van der Waals surface area contributed by atoms with Crippen molar-refractivity contribution < 1.29 is 0 Å². The molecule has 3 nitrogen and oxygen atoms in total. The minimum absolute atomic E-state index is 0.490. The van der Waals surface area contributed by atoms with Gasteiger partial charge < -0.3 is 11.1 Å². The zero-order chi connectivity index (χ0) is 14.3. The Labute approximate surface area is 125 Å². The van der Waals surface area contributed by atoms with E-state index in [0.717, 1.165) is 5.69 Å². The summed E-state index contributed by atoms with van der Waals surface area (Å²) in [5, 5.41) is 14.0. The van der Waals surface area contributed by atoms with Crippen LogP contribution < -0.4 is 11.1 Å². The summed E-state index contributed by atoms with van der Waals surface area (Å²) in [6.45, 7) is 4.71. The fourth-order valence-corrected chi connectivity index (χ4v) is 4.24. The standard InChI is InChI=1S/C16H23N3S/c1-16(2)7-5-11(6-8-16)19-15-13(10-3-4-10)14(18)12(9-17)20-15/h10-11,19H,3-8,18H2,1-2H3. The van der Waals surface area contributed by atoms with E-state index < -0.39 is 0 Å². The van der Waals surface area contributed by atoms with Crippen molar-refractivity contribution in [3.05, 3.63) is 10.4 Å². The summed E-state index contributed by atoms with van der Waals surface area (Å²) < 4.78 is 0. The van der Waals surface area contributed by atoms with E-state index in [1.807, 2.05) is 0 Å². The zero-order valence-corrected chi connectivity index (χ0v) is 13.1. The molecule has 0 spiro atoms. The monoisotopic (exact) mass is 289 g/mol. The lowest BCUT2D eigenvalue weighted by molar-refractivity contribution is 0.232. The van der Waals surface area contributed by atoms with Gasteiger partial charge >= 0.3 is 0 Å². The van der Waals surface area contributed by atoms with Crippen LogP contribution in [0.15, 0.2) is 0 Å². The molecule has 3 N–H and O–H groups in total. The van der Waals surface area contributed by atoms with Crippen LogP contribution in [0.4, 0.5) is 10.7 Å². The Bertz CT molecular complexity index is 539. The van der Waals surface area contributed by atoms with Gasteiger partial charge in [0, 0.05) is 11.6 Å². The second kappa shape index (κ2) is 4.96. The van der Waals surface area contributed by atoms with Crippen LogP contribution in [-0.2, 0) is 0 Å². The fraction of sp³-hybridized carbons (Fsp3) is 0.688. The molecule has 2 fully saturated rings. The van der Waals surface area contributed by atoms with Crippen LogP contribution in [0.5, 0.6) is 0 Å². The molecular weight excluding hydrogens is 266 g/mol. The molecule has 4 heteroatoms. The Kier molecular flexibility index (Phi) is 3.41. The van der Waals surface area contributed by atoms with Gasteiger partial charge in [0.25, 0.3) is 0 Å². The molecule has 3 rings (SSSR count). The minimum Gasteiger partial charge on any atom is -0.397 e. The van der Waals surface area contributed by atoms with Crippen molar-refractivity contribution in [2.75, 3.05) is 11.1 Å². The number of hydrogen-bond donors (Lipinski definition) is 2. The van der Waals surface area contributed by atoms with Crippen molar-refractivity contribution in [2.45, 2.75) is 64.3 Å². The van der Waals surface area contributed by atoms with Gasteiger partial charge in [-0.1, -0.05) is 13.8 Å². The minimum atomic E-state index is 0.490. The van der Waals surface area contributed by atoms with Crippen LogP contribution in [0.1, 0.15) is 68.7 Å². The maximum atomic E-state index is 9.19. The number of rotatable bonds is 3. The van der Waals surface area contributed by atoms with Crippen LogP contribution in [0.3, 0.4) is 0 Å². The van der Waals surface area contributed by atoms with Crippen molar-refractivity contribution in [3.63, 3.8) is 0 Å². The van der Waals surface area contributed by atoms with Gasteiger partial charge in [-0.05, 0) is 49.9 Å². The topological polar surface area (TPSA) is 61.8 Å². The molecule has 1 aromatic rings. The molecule has 0 aliphatic heterocycles. The normalized spacial score (nSPS) is 22.4.